The van der Waals surface area contributed by atoms with Gasteiger partial charge in [0, 0.05) is 18.6 Å². The number of carbonyl (C=O) groups excluding carboxylic acids is 1. The Labute approximate surface area is 172 Å². The van der Waals surface area contributed by atoms with Gasteiger partial charge in [0.2, 0.25) is 0 Å². The van der Waals surface area contributed by atoms with Crippen LogP contribution < -0.4 is 10.2 Å². The highest BCUT2D eigenvalue weighted by Gasteiger charge is 2.34. The highest BCUT2D eigenvalue weighted by Crippen LogP contribution is 2.37. The molecule has 0 fully saturated rings. The van der Waals surface area contributed by atoms with Gasteiger partial charge in [-0.2, -0.15) is 0 Å². The average molecular weight is 386 g/mol. The molecule has 1 heterocycles. The SMILES string of the molecule is C[C@H]1C[C@@H](NCc2ccccc2)c2ccccc2N1C(=O)OCc1ccccc1. The molecular weight excluding hydrogens is 360 g/mol. The van der Waals surface area contributed by atoms with Crippen molar-refractivity contribution in [3.63, 3.8) is 0 Å². The Morgan fingerprint density at radius 3 is 2.28 bits per heavy atom. The fourth-order valence-corrected chi connectivity index (χ4v) is 3.91. The van der Waals surface area contributed by atoms with E-state index in [-0.39, 0.29) is 24.8 Å². The van der Waals surface area contributed by atoms with Crippen LogP contribution >= 0.6 is 0 Å². The molecule has 0 radical (unpaired) electrons. The zero-order valence-corrected chi connectivity index (χ0v) is 16.6. The van der Waals surface area contributed by atoms with Crippen molar-refractivity contribution in [3.05, 3.63) is 102 Å². The molecule has 3 aromatic carbocycles. The predicted molar refractivity (Wildman–Crippen MR) is 116 cm³/mol. The average Bonchev–Trinajstić information content (AvgIpc) is 2.77. The Balaban J connectivity index is 1.49. The van der Waals surface area contributed by atoms with Gasteiger partial charge in [-0.15, -0.1) is 0 Å². The number of fused-ring (bicyclic) bond motifs is 1. The summed E-state index contributed by atoms with van der Waals surface area (Å²) in [6.45, 7) is 3.16. The number of para-hydroxylation sites is 1. The number of hydrogen-bond acceptors (Lipinski definition) is 3. The molecular formula is C25H26N2O2. The monoisotopic (exact) mass is 386 g/mol. The molecule has 0 aliphatic carbocycles. The molecule has 0 unspecified atom stereocenters. The molecule has 1 aliphatic heterocycles. The summed E-state index contributed by atoms with van der Waals surface area (Å²) in [6.07, 6.45) is 0.542. The third kappa shape index (κ3) is 4.49. The predicted octanol–water partition coefficient (Wildman–Crippen LogP) is 5.45. The van der Waals surface area contributed by atoms with Gasteiger partial charge in [0.05, 0.1) is 5.69 Å². The van der Waals surface area contributed by atoms with Crippen LogP contribution in [-0.4, -0.2) is 12.1 Å². The molecule has 0 bridgehead atoms. The first-order valence-corrected chi connectivity index (χ1v) is 10.1. The Morgan fingerprint density at radius 1 is 0.931 bits per heavy atom. The first-order valence-electron chi connectivity index (χ1n) is 10.1. The van der Waals surface area contributed by atoms with Crippen LogP contribution in [0.25, 0.3) is 0 Å². The molecule has 4 nitrogen and oxygen atoms in total. The largest absolute Gasteiger partial charge is 0.444 e. The summed E-state index contributed by atoms with van der Waals surface area (Å²) in [4.78, 5) is 14.7. The van der Waals surface area contributed by atoms with Crippen molar-refractivity contribution in [1.29, 1.82) is 0 Å². The zero-order chi connectivity index (χ0) is 20.1. The molecule has 0 spiro atoms. The lowest BCUT2D eigenvalue weighted by Crippen LogP contribution is -2.45. The smallest absolute Gasteiger partial charge is 0.414 e. The number of rotatable bonds is 5. The van der Waals surface area contributed by atoms with Crippen molar-refractivity contribution in [2.75, 3.05) is 4.90 Å². The quantitative estimate of drug-likeness (QED) is 0.634. The van der Waals surface area contributed by atoms with E-state index >= 15 is 0 Å². The second kappa shape index (κ2) is 8.93. The highest BCUT2D eigenvalue weighted by molar-refractivity contribution is 5.90. The molecule has 1 N–H and O–H groups in total. The van der Waals surface area contributed by atoms with Crippen molar-refractivity contribution in [3.8, 4) is 0 Å². The fourth-order valence-electron chi connectivity index (χ4n) is 3.91. The van der Waals surface area contributed by atoms with Crippen molar-refractivity contribution in [2.45, 2.75) is 38.6 Å². The summed E-state index contributed by atoms with van der Waals surface area (Å²) in [5.74, 6) is 0. The minimum absolute atomic E-state index is 0.0430. The van der Waals surface area contributed by atoms with Gasteiger partial charge in [0.15, 0.2) is 0 Å². The van der Waals surface area contributed by atoms with Crippen LogP contribution in [0.15, 0.2) is 84.9 Å². The summed E-state index contributed by atoms with van der Waals surface area (Å²) in [7, 11) is 0. The van der Waals surface area contributed by atoms with Gasteiger partial charge in [0.1, 0.15) is 6.61 Å². The molecule has 0 saturated carbocycles. The van der Waals surface area contributed by atoms with Gasteiger partial charge in [-0.1, -0.05) is 78.9 Å². The lowest BCUT2D eigenvalue weighted by atomic mass is 9.92. The van der Waals surface area contributed by atoms with Crippen LogP contribution in [-0.2, 0) is 17.9 Å². The van der Waals surface area contributed by atoms with Crippen LogP contribution in [0.1, 0.15) is 36.1 Å². The molecule has 0 aromatic heterocycles. The van der Waals surface area contributed by atoms with Gasteiger partial charge in [-0.05, 0) is 36.1 Å². The molecule has 29 heavy (non-hydrogen) atoms. The van der Waals surface area contributed by atoms with Crippen molar-refractivity contribution in [2.24, 2.45) is 0 Å². The maximum atomic E-state index is 12.9. The molecule has 4 rings (SSSR count). The first kappa shape index (κ1) is 19.2. The van der Waals surface area contributed by atoms with Crippen LogP contribution in [0.5, 0.6) is 0 Å². The second-order valence-electron chi connectivity index (χ2n) is 7.47. The van der Waals surface area contributed by atoms with E-state index < -0.39 is 0 Å². The third-order valence-corrected chi connectivity index (χ3v) is 5.39. The molecule has 3 aromatic rings. The van der Waals surface area contributed by atoms with Crippen LogP contribution in [0.4, 0.5) is 10.5 Å². The van der Waals surface area contributed by atoms with Crippen LogP contribution in [0.2, 0.25) is 0 Å². The van der Waals surface area contributed by atoms with Crippen LogP contribution in [0.3, 0.4) is 0 Å². The van der Waals surface area contributed by atoms with E-state index in [4.69, 9.17) is 4.74 Å². The summed E-state index contributed by atoms with van der Waals surface area (Å²) in [5, 5.41) is 3.66. The number of anilines is 1. The van der Waals surface area contributed by atoms with Gasteiger partial charge < -0.3 is 10.1 Å². The molecule has 4 heteroatoms. The Morgan fingerprint density at radius 2 is 1.55 bits per heavy atom. The first-order chi connectivity index (χ1) is 14.2. The number of amides is 1. The van der Waals surface area contributed by atoms with E-state index in [0.717, 1.165) is 29.8 Å². The van der Waals surface area contributed by atoms with E-state index in [1.807, 2.05) is 54.6 Å². The van der Waals surface area contributed by atoms with Crippen molar-refractivity contribution < 1.29 is 9.53 Å². The summed E-state index contributed by atoms with van der Waals surface area (Å²) in [6, 6.07) is 28.5. The summed E-state index contributed by atoms with van der Waals surface area (Å²) < 4.78 is 5.63. The Bertz CT molecular complexity index is 943. The molecule has 2 atom stereocenters. The minimum atomic E-state index is -0.296. The lowest BCUT2D eigenvalue weighted by molar-refractivity contribution is 0.143. The molecule has 1 aliphatic rings. The number of ether oxygens (including phenoxy) is 1. The van der Waals surface area contributed by atoms with E-state index in [2.05, 4.69) is 42.6 Å². The molecule has 1 amide bonds. The van der Waals surface area contributed by atoms with Crippen LogP contribution in [0, 0.1) is 0 Å². The van der Waals surface area contributed by atoms with Gasteiger partial charge in [-0.25, -0.2) is 4.79 Å². The summed E-state index contributed by atoms with van der Waals surface area (Å²) >= 11 is 0. The van der Waals surface area contributed by atoms with E-state index in [9.17, 15) is 4.79 Å². The Kier molecular flexibility index (Phi) is 5.92. The summed E-state index contributed by atoms with van der Waals surface area (Å²) in [5.41, 5.74) is 4.30. The van der Waals surface area contributed by atoms with Gasteiger partial charge in [0.25, 0.3) is 0 Å². The maximum Gasteiger partial charge on any atom is 0.414 e. The van der Waals surface area contributed by atoms with Gasteiger partial charge in [-0.3, -0.25) is 4.90 Å². The van der Waals surface area contributed by atoms with E-state index in [1.54, 1.807) is 4.90 Å². The maximum absolute atomic E-state index is 12.9. The van der Waals surface area contributed by atoms with E-state index in [0.29, 0.717) is 0 Å². The van der Waals surface area contributed by atoms with Gasteiger partial charge >= 0.3 is 6.09 Å². The second-order valence-corrected chi connectivity index (χ2v) is 7.47. The molecule has 148 valence electrons. The minimum Gasteiger partial charge on any atom is -0.444 e. The number of hydrogen-bond donors (Lipinski definition) is 1. The number of benzene rings is 3. The third-order valence-electron chi connectivity index (χ3n) is 5.39. The fraction of sp³-hybridized carbons (Fsp3) is 0.240. The number of nitrogens with zero attached hydrogens (tertiary/aromatic N) is 1. The normalized spacial score (nSPS) is 18.2. The van der Waals surface area contributed by atoms with Crippen molar-refractivity contribution >= 4 is 11.8 Å². The standard InChI is InChI=1S/C25H26N2O2/c1-19-16-23(26-17-20-10-4-2-5-11-20)22-14-8-9-15-24(22)27(19)25(28)29-18-21-12-6-3-7-13-21/h2-15,19,23,26H,16-18H2,1H3/t19-,23+/m0/s1. The zero-order valence-electron chi connectivity index (χ0n) is 16.6. The molecule has 0 saturated heterocycles. The number of nitrogens with one attached hydrogen (secondary N) is 1. The number of carbonyl (C=O) groups is 1. The van der Waals surface area contributed by atoms with E-state index in [1.165, 1.54) is 5.56 Å². The topological polar surface area (TPSA) is 41.6 Å². The lowest BCUT2D eigenvalue weighted by Gasteiger charge is -2.39. The highest BCUT2D eigenvalue weighted by atomic mass is 16.6. The van der Waals surface area contributed by atoms with Crippen molar-refractivity contribution in [1.82, 2.24) is 5.32 Å². The Hall–Kier alpha value is -3.11.